The monoisotopic (exact) mass is 453 g/mol. The average Bonchev–Trinajstić information content (AvgIpc) is 2.77. The molecule has 0 radical (unpaired) electrons. The van der Waals surface area contributed by atoms with Gasteiger partial charge in [0.2, 0.25) is 0 Å². The summed E-state index contributed by atoms with van der Waals surface area (Å²) in [5.74, 6) is 0.339. The van der Waals surface area contributed by atoms with E-state index in [1.54, 1.807) is 31.9 Å². The molecule has 6 heteroatoms. The summed E-state index contributed by atoms with van der Waals surface area (Å²) < 4.78 is 16.2. The second kappa shape index (κ2) is 12.1. The molecule has 6 nitrogen and oxygen atoms in total. The van der Waals surface area contributed by atoms with Gasteiger partial charge >= 0.3 is 12.1 Å². The van der Waals surface area contributed by atoms with E-state index in [9.17, 15) is 9.59 Å². The van der Waals surface area contributed by atoms with Crippen LogP contribution in [0.15, 0.2) is 66.2 Å². The topological polar surface area (TPSA) is 65.1 Å². The minimum atomic E-state index is -0.660. The molecule has 0 aliphatic rings. The highest BCUT2D eigenvalue weighted by Crippen LogP contribution is 2.21. The van der Waals surface area contributed by atoms with E-state index in [1.807, 2.05) is 75.4 Å². The lowest BCUT2D eigenvalue weighted by Gasteiger charge is -2.33. The normalized spacial score (nSPS) is 12.6. The molecule has 1 unspecified atom stereocenters. The SMILES string of the molecule is CCOC(=O)/C(C)=C/C(Cc1ccccc1)N(Cc1ccc(OC)cc1)C(=O)OC(C)(C)C. The molecule has 0 bridgehead atoms. The molecule has 0 fully saturated rings. The fraction of sp³-hybridized carbons (Fsp3) is 0.407. The zero-order valence-corrected chi connectivity index (χ0v) is 20.5. The van der Waals surface area contributed by atoms with Crippen LogP contribution in [0.25, 0.3) is 0 Å². The molecule has 0 spiro atoms. The molecule has 33 heavy (non-hydrogen) atoms. The van der Waals surface area contributed by atoms with Crippen molar-refractivity contribution in [3.05, 3.63) is 77.4 Å². The highest BCUT2D eigenvalue weighted by Gasteiger charge is 2.28. The summed E-state index contributed by atoms with van der Waals surface area (Å²) >= 11 is 0. The van der Waals surface area contributed by atoms with Crippen molar-refractivity contribution >= 4 is 12.1 Å². The standard InChI is InChI=1S/C27H35NO5/c1-7-32-25(29)20(2)17-23(18-21-11-9-8-10-12-21)28(26(30)33-27(3,4)5)19-22-13-15-24(31-6)16-14-22/h8-17,23H,7,18-19H2,1-6H3/b20-17+. The number of hydrogen-bond donors (Lipinski definition) is 0. The van der Waals surface area contributed by atoms with E-state index in [0.29, 0.717) is 18.5 Å². The van der Waals surface area contributed by atoms with Crippen LogP contribution in [0.2, 0.25) is 0 Å². The largest absolute Gasteiger partial charge is 0.497 e. The molecular formula is C27H35NO5. The highest BCUT2D eigenvalue weighted by atomic mass is 16.6. The third kappa shape index (κ3) is 8.64. The number of esters is 1. The number of carbonyl (C=O) groups excluding carboxylic acids is 2. The number of benzene rings is 2. The van der Waals surface area contributed by atoms with E-state index in [4.69, 9.17) is 14.2 Å². The van der Waals surface area contributed by atoms with Crippen LogP contribution in [0, 0.1) is 0 Å². The van der Waals surface area contributed by atoms with Crippen molar-refractivity contribution in [2.75, 3.05) is 13.7 Å². The summed E-state index contributed by atoms with van der Waals surface area (Å²) in [6.45, 7) is 9.57. The average molecular weight is 454 g/mol. The Morgan fingerprint density at radius 3 is 2.18 bits per heavy atom. The van der Waals surface area contributed by atoms with Crippen LogP contribution >= 0.6 is 0 Å². The molecule has 178 valence electrons. The maximum absolute atomic E-state index is 13.3. The Balaban J connectivity index is 2.46. The number of rotatable bonds is 9. The Morgan fingerprint density at radius 1 is 1.00 bits per heavy atom. The summed E-state index contributed by atoms with van der Waals surface area (Å²) in [6.07, 6.45) is 1.86. The molecule has 0 heterocycles. The van der Waals surface area contributed by atoms with Crippen LogP contribution in [-0.4, -0.2) is 42.3 Å². The Kier molecular flexibility index (Phi) is 9.52. The highest BCUT2D eigenvalue weighted by molar-refractivity contribution is 5.88. The van der Waals surface area contributed by atoms with E-state index >= 15 is 0 Å². The molecule has 2 aromatic rings. The molecule has 2 rings (SSSR count). The quantitative estimate of drug-likeness (QED) is 0.368. The van der Waals surface area contributed by atoms with Crippen molar-refractivity contribution in [2.24, 2.45) is 0 Å². The number of methoxy groups -OCH3 is 1. The fourth-order valence-corrected chi connectivity index (χ4v) is 3.28. The second-order valence-corrected chi connectivity index (χ2v) is 8.78. The lowest BCUT2D eigenvalue weighted by atomic mass is 10.0. The van der Waals surface area contributed by atoms with E-state index < -0.39 is 23.7 Å². The zero-order valence-electron chi connectivity index (χ0n) is 20.5. The van der Waals surface area contributed by atoms with Crippen molar-refractivity contribution in [3.63, 3.8) is 0 Å². The number of amides is 1. The minimum absolute atomic E-state index is 0.287. The smallest absolute Gasteiger partial charge is 0.411 e. The molecule has 0 saturated carbocycles. The second-order valence-electron chi connectivity index (χ2n) is 8.78. The van der Waals surface area contributed by atoms with Gasteiger partial charge in [0.15, 0.2) is 0 Å². The maximum atomic E-state index is 13.3. The van der Waals surface area contributed by atoms with E-state index in [1.165, 1.54) is 0 Å². The number of carbonyl (C=O) groups is 2. The van der Waals surface area contributed by atoms with E-state index in [0.717, 1.165) is 16.9 Å². The Morgan fingerprint density at radius 2 is 1.64 bits per heavy atom. The molecule has 1 atom stereocenters. The van der Waals surface area contributed by atoms with Crippen LogP contribution in [-0.2, 0) is 27.2 Å². The molecule has 0 N–H and O–H groups in total. The van der Waals surface area contributed by atoms with Crippen LogP contribution in [0.3, 0.4) is 0 Å². The van der Waals surface area contributed by atoms with Gasteiger partial charge in [0, 0.05) is 12.1 Å². The van der Waals surface area contributed by atoms with Crippen molar-refractivity contribution in [2.45, 2.75) is 59.2 Å². The number of nitrogens with zero attached hydrogens (tertiary/aromatic N) is 1. The Hall–Kier alpha value is -3.28. The van der Waals surface area contributed by atoms with E-state index in [-0.39, 0.29) is 6.61 Å². The van der Waals surface area contributed by atoms with Gasteiger partial charge in [-0.05, 0) is 64.3 Å². The molecular weight excluding hydrogens is 418 g/mol. The van der Waals surface area contributed by atoms with Crippen LogP contribution < -0.4 is 4.74 Å². The molecule has 1 amide bonds. The van der Waals surface area contributed by atoms with Gasteiger partial charge < -0.3 is 14.2 Å². The summed E-state index contributed by atoms with van der Waals surface area (Å²) in [7, 11) is 1.61. The van der Waals surface area contributed by atoms with Crippen LogP contribution in [0.4, 0.5) is 4.79 Å². The van der Waals surface area contributed by atoms with Gasteiger partial charge in [0.25, 0.3) is 0 Å². The lowest BCUT2D eigenvalue weighted by molar-refractivity contribution is -0.138. The van der Waals surface area contributed by atoms with Crippen LogP contribution in [0.1, 0.15) is 45.7 Å². The first-order valence-corrected chi connectivity index (χ1v) is 11.1. The predicted octanol–water partition coefficient (Wildman–Crippen LogP) is 5.55. The molecule has 0 saturated heterocycles. The lowest BCUT2D eigenvalue weighted by Crippen LogP contribution is -2.43. The van der Waals surface area contributed by atoms with Gasteiger partial charge in [0.1, 0.15) is 11.4 Å². The van der Waals surface area contributed by atoms with Crippen molar-refractivity contribution in [1.29, 1.82) is 0 Å². The fourth-order valence-electron chi connectivity index (χ4n) is 3.28. The van der Waals surface area contributed by atoms with Gasteiger partial charge in [-0.2, -0.15) is 0 Å². The van der Waals surface area contributed by atoms with Gasteiger partial charge in [-0.1, -0.05) is 48.5 Å². The van der Waals surface area contributed by atoms with Crippen molar-refractivity contribution < 1.29 is 23.8 Å². The third-order valence-electron chi connectivity index (χ3n) is 4.87. The first-order chi connectivity index (χ1) is 15.6. The third-order valence-corrected chi connectivity index (χ3v) is 4.87. The first kappa shape index (κ1) is 26.0. The summed E-state index contributed by atoms with van der Waals surface area (Å²) in [6, 6.07) is 17.0. The number of hydrogen-bond acceptors (Lipinski definition) is 5. The van der Waals surface area contributed by atoms with Gasteiger partial charge in [0.05, 0.1) is 19.8 Å². The van der Waals surface area contributed by atoms with Crippen molar-refractivity contribution in [1.82, 2.24) is 4.90 Å². The molecule has 0 aromatic heterocycles. The predicted molar refractivity (Wildman–Crippen MR) is 129 cm³/mol. The summed E-state index contributed by atoms with van der Waals surface area (Å²) in [5.41, 5.74) is 1.74. The van der Waals surface area contributed by atoms with Gasteiger partial charge in [-0.3, -0.25) is 4.90 Å². The van der Waals surface area contributed by atoms with Gasteiger partial charge in [-0.25, -0.2) is 9.59 Å². The molecule has 0 aliphatic carbocycles. The Bertz CT molecular complexity index is 929. The summed E-state index contributed by atoms with van der Waals surface area (Å²) in [4.78, 5) is 27.3. The van der Waals surface area contributed by atoms with Crippen LogP contribution in [0.5, 0.6) is 5.75 Å². The zero-order chi connectivity index (χ0) is 24.4. The Labute approximate surface area is 197 Å². The maximum Gasteiger partial charge on any atom is 0.411 e. The summed E-state index contributed by atoms with van der Waals surface area (Å²) in [5, 5.41) is 0. The molecule has 0 aliphatic heterocycles. The minimum Gasteiger partial charge on any atom is -0.497 e. The van der Waals surface area contributed by atoms with Crippen molar-refractivity contribution in [3.8, 4) is 5.75 Å². The number of ether oxygens (including phenoxy) is 3. The molecule has 2 aromatic carbocycles. The van der Waals surface area contributed by atoms with E-state index in [2.05, 4.69) is 0 Å². The van der Waals surface area contributed by atoms with Gasteiger partial charge in [-0.15, -0.1) is 0 Å². The first-order valence-electron chi connectivity index (χ1n) is 11.1.